The fourth-order valence-electron chi connectivity index (χ4n) is 2.73. The lowest BCUT2D eigenvalue weighted by molar-refractivity contribution is -0.119. The number of carbonyl (C=O) groups excluding carboxylic acids is 2. The molecule has 1 atom stereocenters. The minimum Gasteiger partial charge on any atom is -0.451 e. The van der Waals surface area contributed by atoms with Crippen molar-refractivity contribution >= 4 is 28.2 Å². The third-order valence-electron chi connectivity index (χ3n) is 3.98. The van der Waals surface area contributed by atoms with E-state index in [0.29, 0.717) is 16.5 Å². The van der Waals surface area contributed by atoms with E-state index in [2.05, 4.69) is 28.3 Å². The second kappa shape index (κ2) is 7.40. The van der Waals surface area contributed by atoms with Gasteiger partial charge in [0.25, 0.3) is 5.91 Å². The first-order valence-electron chi connectivity index (χ1n) is 7.86. The monoisotopic (exact) mass is 356 g/mol. The van der Waals surface area contributed by atoms with Crippen molar-refractivity contribution in [2.45, 2.75) is 26.2 Å². The van der Waals surface area contributed by atoms with E-state index in [1.165, 1.54) is 29.9 Å². The number of thiophene rings is 1. The van der Waals surface area contributed by atoms with Crippen molar-refractivity contribution in [3.05, 3.63) is 40.3 Å². The van der Waals surface area contributed by atoms with Crippen LogP contribution >= 0.6 is 11.3 Å². The number of hydrogen-bond acceptors (Lipinski definition) is 7. The van der Waals surface area contributed by atoms with Gasteiger partial charge in [0.15, 0.2) is 12.3 Å². The topological polar surface area (TPSA) is 105 Å². The smallest absolute Gasteiger partial charge is 0.359 e. The van der Waals surface area contributed by atoms with Crippen molar-refractivity contribution in [2.75, 3.05) is 11.9 Å². The lowest BCUT2D eigenvalue weighted by Crippen LogP contribution is -2.21. The summed E-state index contributed by atoms with van der Waals surface area (Å²) in [4.78, 5) is 32.6. The summed E-state index contributed by atoms with van der Waals surface area (Å²) in [5, 5.41) is 12.6. The fourth-order valence-corrected chi connectivity index (χ4v) is 4.11. The number of nitrogens with zero attached hydrogens (tertiary/aromatic N) is 3. The number of anilines is 1. The van der Waals surface area contributed by atoms with Gasteiger partial charge >= 0.3 is 5.97 Å². The van der Waals surface area contributed by atoms with Gasteiger partial charge in [-0.25, -0.2) is 9.78 Å². The van der Waals surface area contributed by atoms with Gasteiger partial charge in [-0.2, -0.15) is 5.26 Å². The van der Waals surface area contributed by atoms with Crippen LogP contribution in [0.5, 0.6) is 0 Å². The van der Waals surface area contributed by atoms with E-state index in [9.17, 15) is 14.9 Å². The quantitative estimate of drug-likeness (QED) is 0.843. The largest absolute Gasteiger partial charge is 0.451 e. The van der Waals surface area contributed by atoms with Gasteiger partial charge in [0.05, 0.1) is 11.8 Å². The maximum atomic E-state index is 12.1. The van der Waals surface area contributed by atoms with E-state index in [-0.39, 0.29) is 5.69 Å². The van der Waals surface area contributed by atoms with Gasteiger partial charge in [-0.1, -0.05) is 6.92 Å². The molecule has 0 fully saturated rings. The van der Waals surface area contributed by atoms with Gasteiger partial charge in [0.1, 0.15) is 11.1 Å². The van der Waals surface area contributed by atoms with Crippen LogP contribution in [0.1, 0.15) is 39.8 Å². The zero-order valence-electron chi connectivity index (χ0n) is 13.6. The minimum absolute atomic E-state index is 0.0357. The first-order chi connectivity index (χ1) is 12.1. The highest BCUT2D eigenvalue weighted by Crippen LogP contribution is 2.39. The maximum Gasteiger partial charge on any atom is 0.359 e. The summed E-state index contributed by atoms with van der Waals surface area (Å²) in [5.74, 6) is -0.627. The third kappa shape index (κ3) is 3.83. The van der Waals surface area contributed by atoms with Crippen molar-refractivity contribution in [3.8, 4) is 6.07 Å². The van der Waals surface area contributed by atoms with Crippen molar-refractivity contribution in [2.24, 2.45) is 5.92 Å². The van der Waals surface area contributed by atoms with E-state index < -0.39 is 18.5 Å². The van der Waals surface area contributed by atoms with Crippen LogP contribution in [0.15, 0.2) is 18.6 Å². The first kappa shape index (κ1) is 17.0. The molecule has 1 aliphatic carbocycles. The van der Waals surface area contributed by atoms with E-state index >= 15 is 0 Å². The second-order valence-corrected chi connectivity index (χ2v) is 6.99. The van der Waals surface area contributed by atoms with E-state index in [1.54, 1.807) is 0 Å². The molecule has 128 valence electrons. The van der Waals surface area contributed by atoms with Crippen LogP contribution in [0.4, 0.5) is 5.00 Å². The Morgan fingerprint density at radius 3 is 3.04 bits per heavy atom. The third-order valence-corrected chi connectivity index (χ3v) is 5.15. The van der Waals surface area contributed by atoms with Crippen molar-refractivity contribution < 1.29 is 14.3 Å². The number of aromatic nitrogens is 2. The summed E-state index contributed by atoms with van der Waals surface area (Å²) in [5.41, 5.74) is 1.60. The molecule has 8 heteroatoms. The fraction of sp³-hybridized carbons (Fsp3) is 0.353. The molecule has 25 heavy (non-hydrogen) atoms. The number of rotatable bonds is 4. The van der Waals surface area contributed by atoms with Crippen LogP contribution in [0.2, 0.25) is 0 Å². The number of fused-ring (bicyclic) bond motifs is 1. The van der Waals surface area contributed by atoms with Gasteiger partial charge < -0.3 is 10.1 Å². The lowest BCUT2D eigenvalue weighted by Gasteiger charge is -2.17. The zero-order chi connectivity index (χ0) is 17.8. The molecule has 0 unspecified atom stereocenters. The molecule has 0 aliphatic heterocycles. The Morgan fingerprint density at radius 1 is 1.48 bits per heavy atom. The molecule has 2 aromatic rings. The summed E-state index contributed by atoms with van der Waals surface area (Å²) in [7, 11) is 0. The van der Waals surface area contributed by atoms with E-state index in [4.69, 9.17) is 4.74 Å². The Hall–Kier alpha value is -2.79. The highest BCUT2D eigenvalue weighted by molar-refractivity contribution is 7.16. The van der Waals surface area contributed by atoms with Crippen molar-refractivity contribution in [1.82, 2.24) is 9.97 Å². The second-order valence-electron chi connectivity index (χ2n) is 5.88. The molecule has 0 spiro atoms. The number of amides is 1. The number of carbonyl (C=O) groups is 2. The number of nitriles is 1. The molecule has 0 radical (unpaired) electrons. The van der Waals surface area contributed by atoms with E-state index in [1.807, 2.05) is 0 Å². The van der Waals surface area contributed by atoms with Crippen LogP contribution in [0, 0.1) is 17.2 Å². The molecule has 2 heterocycles. The molecule has 1 aliphatic rings. The molecule has 0 saturated heterocycles. The first-order valence-corrected chi connectivity index (χ1v) is 8.67. The van der Waals surface area contributed by atoms with Crippen LogP contribution in [0.25, 0.3) is 0 Å². The van der Waals surface area contributed by atoms with Gasteiger partial charge in [-0.15, -0.1) is 11.3 Å². The number of nitrogens with one attached hydrogen (secondary N) is 1. The van der Waals surface area contributed by atoms with Crippen molar-refractivity contribution in [3.63, 3.8) is 0 Å². The number of hydrogen-bond donors (Lipinski definition) is 1. The molecular formula is C17H16N4O3S. The Kier molecular flexibility index (Phi) is 5.05. The highest BCUT2D eigenvalue weighted by atomic mass is 32.1. The normalized spacial score (nSPS) is 15.8. The number of ether oxygens (including phenoxy) is 1. The Labute approximate surface area is 148 Å². The van der Waals surface area contributed by atoms with Gasteiger partial charge in [-0.3, -0.25) is 9.78 Å². The number of esters is 1. The summed E-state index contributed by atoms with van der Waals surface area (Å²) >= 11 is 1.43. The summed E-state index contributed by atoms with van der Waals surface area (Å²) in [6.45, 7) is 1.73. The Morgan fingerprint density at radius 2 is 2.32 bits per heavy atom. The molecule has 3 rings (SSSR count). The molecule has 1 amide bonds. The highest BCUT2D eigenvalue weighted by Gasteiger charge is 2.24. The summed E-state index contributed by atoms with van der Waals surface area (Å²) < 4.78 is 4.92. The molecule has 7 nitrogen and oxygen atoms in total. The van der Waals surface area contributed by atoms with Gasteiger partial charge in [0, 0.05) is 17.3 Å². The average Bonchev–Trinajstić information content (AvgIpc) is 2.96. The SMILES string of the molecule is C[C@@H]1CCc2c(sc(NC(=O)COC(=O)c3cnccn3)c2C#N)C1. The van der Waals surface area contributed by atoms with Gasteiger partial charge in [-0.05, 0) is 30.7 Å². The predicted molar refractivity (Wildman–Crippen MR) is 91.2 cm³/mol. The standard InChI is InChI=1S/C17H16N4O3S/c1-10-2-3-11-12(7-18)16(25-14(11)6-10)21-15(22)9-24-17(23)13-8-19-4-5-20-13/h4-5,8,10H,2-3,6,9H2,1H3,(H,21,22)/t10-/m1/s1. The van der Waals surface area contributed by atoms with Crippen LogP contribution in [-0.2, 0) is 22.4 Å². The minimum atomic E-state index is -0.719. The Bertz CT molecular complexity index is 842. The zero-order valence-corrected chi connectivity index (χ0v) is 14.4. The van der Waals surface area contributed by atoms with Gasteiger partial charge in [0.2, 0.25) is 0 Å². The molecule has 0 saturated carbocycles. The van der Waals surface area contributed by atoms with Crippen molar-refractivity contribution in [1.29, 1.82) is 5.26 Å². The molecule has 1 N–H and O–H groups in total. The average molecular weight is 356 g/mol. The Balaban J connectivity index is 1.64. The maximum absolute atomic E-state index is 12.1. The molecule has 0 aromatic carbocycles. The predicted octanol–water partition coefficient (Wildman–Crippen LogP) is 2.33. The molecule has 0 bridgehead atoms. The summed E-state index contributed by atoms with van der Waals surface area (Å²) in [6, 6.07) is 2.18. The molecular weight excluding hydrogens is 340 g/mol. The van der Waals surface area contributed by atoms with E-state index in [0.717, 1.165) is 29.7 Å². The summed E-state index contributed by atoms with van der Waals surface area (Å²) in [6.07, 6.45) is 6.89. The van der Waals surface area contributed by atoms with Crippen LogP contribution in [-0.4, -0.2) is 28.5 Å². The molecule has 2 aromatic heterocycles. The van der Waals surface area contributed by atoms with Crippen LogP contribution < -0.4 is 5.32 Å². The lowest BCUT2D eigenvalue weighted by atomic mass is 9.89. The van der Waals surface area contributed by atoms with Crippen LogP contribution in [0.3, 0.4) is 0 Å².